The SMILES string of the molecule is Cc1ccc2c(c1)CCCN2C(=O)c1ccc(=O)n(-c2ccccc2)c1. The molecule has 1 amide bonds. The Morgan fingerprint density at radius 1 is 1.00 bits per heavy atom. The van der Waals surface area contributed by atoms with Gasteiger partial charge in [-0.25, -0.2) is 0 Å². The van der Waals surface area contributed by atoms with Crippen LogP contribution in [0.4, 0.5) is 5.69 Å². The van der Waals surface area contributed by atoms with Crippen molar-refractivity contribution in [3.8, 4) is 5.69 Å². The molecule has 0 saturated carbocycles. The molecule has 4 nitrogen and oxygen atoms in total. The van der Waals surface area contributed by atoms with E-state index < -0.39 is 0 Å². The maximum atomic E-state index is 13.2. The fraction of sp³-hybridized carbons (Fsp3) is 0.182. The molecule has 0 N–H and O–H groups in total. The number of hydrogen-bond donors (Lipinski definition) is 0. The number of aryl methyl sites for hydroxylation is 2. The number of benzene rings is 2. The van der Waals surface area contributed by atoms with E-state index in [9.17, 15) is 9.59 Å². The van der Waals surface area contributed by atoms with Crippen molar-refractivity contribution < 1.29 is 4.79 Å². The van der Waals surface area contributed by atoms with Crippen molar-refractivity contribution in [2.24, 2.45) is 0 Å². The van der Waals surface area contributed by atoms with Crippen molar-refractivity contribution in [1.82, 2.24) is 4.57 Å². The minimum atomic E-state index is -0.151. The van der Waals surface area contributed by atoms with Gasteiger partial charge in [0.25, 0.3) is 11.5 Å². The minimum absolute atomic E-state index is 0.0699. The monoisotopic (exact) mass is 344 g/mol. The number of rotatable bonds is 2. The number of nitrogens with zero attached hydrogens (tertiary/aromatic N) is 2. The highest BCUT2D eigenvalue weighted by molar-refractivity contribution is 6.06. The Hall–Kier alpha value is -3.14. The molecule has 2 heterocycles. The first-order chi connectivity index (χ1) is 12.6. The molecule has 0 radical (unpaired) electrons. The van der Waals surface area contributed by atoms with Gasteiger partial charge >= 0.3 is 0 Å². The van der Waals surface area contributed by atoms with Gasteiger partial charge in [0.2, 0.25) is 0 Å². The highest BCUT2D eigenvalue weighted by atomic mass is 16.2. The highest BCUT2D eigenvalue weighted by Gasteiger charge is 2.24. The molecule has 0 bridgehead atoms. The normalized spacial score (nSPS) is 13.3. The van der Waals surface area contributed by atoms with Crippen LogP contribution in [0.1, 0.15) is 27.9 Å². The lowest BCUT2D eigenvalue weighted by Crippen LogP contribution is -2.36. The average Bonchev–Trinajstić information content (AvgIpc) is 2.68. The molecule has 0 atom stereocenters. The summed E-state index contributed by atoms with van der Waals surface area (Å²) < 4.78 is 1.52. The van der Waals surface area contributed by atoms with Crippen LogP contribution in [0.5, 0.6) is 0 Å². The van der Waals surface area contributed by atoms with Crippen molar-refractivity contribution in [3.63, 3.8) is 0 Å². The van der Waals surface area contributed by atoms with Crippen LogP contribution in [0.2, 0.25) is 0 Å². The summed E-state index contributed by atoms with van der Waals surface area (Å²) in [4.78, 5) is 27.2. The zero-order chi connectivity index (χ0) is 18.1. The molecule has 0 aliphatic carbocycles. The molecular weight excluding hydrogens is 324 g/mol. The molecule has 2 aromatic carbocycles. The van der Waals surface area contributed by atoms with E-state index in [-0.39, 0.29) is 11.5 Å². The fourth-order valence-corrected chi connectivity index (χ4v) is 3.50. The molecule has 0 fully saturated rings. The molecule has 130 valence electrons. The van der Waals surface area contributed by atoms with Crippen LogP contribution in [0, 0.1) is 6.92 Å². The summed E-state index contributed by atoms with van der Waals surface area (Å²) in [6.07, 6.45) is 3.58. The van der Waals surface area contributed by atoms with Crippen molar-refractivity contribution in [1.29, 1.82) is 0 Å². The summed E-state index contributed by atoms with van der Waals surface area (Å²) in [6.45, 7) is 2.76. The minimum Gasteiger partial charge on any atom is -0.308 e. The molecule has 0 saturated heterocycles. The van der Waals surface area contributed by atoms with Crippen LogP contribution in [-0.4, -0.2) is 17.0 Å². The summed E-state index contributed by atoms with van der Waals surface area (Å²) in [6, 6.07) is 18.6. The molecule has 0 unspecified atom stereocenters. The standard InChI is InChI=1S/C22H20N2O2/c1-16-9-11-20-17(14-16)6-5-13-23(20)22(26)18-10-12-21(25)24(15-18)19-7-3-2-4-8-19/h2-4,7-12,14-15H,5-6,13H2,1H3. The molecule has 1 aliphatic heterocycles. The lowest BCUT2D eigenvalue weighted by molar-refractivity contribution is 0.0984. The number of hydrogen-bond acceptors (Lipinski definition) is 2. The Bertz CT molecular complexity index is 1020. The van der Waals surface area contributed by atoms with Gasteiger partial charge in [-0.2, -0.15) is 0 Å². The maximum Gasteiger partial charge on any atom is 0.259 e. The molecule has 1 aliphatic rings. The second-order valence-corrected chi connectivity index (χ2v) is 6.65. The van der Waals surface area contributed by atoms with Crippen molar-refractivity contribution >= 4 is 11.6 Å². The Morgan fingerprint density at radius 2 is 1.81 bits per heavy atom. The highest BCUT2D eigenvalue weighted by Crippen LogP contribution is 2.29. The smallest absolute Gasteiger partial charge is 0.259 e. The molecule has 0 spiro atoms. The molecule has 4 rings (SSSR count). The topological polar surface area (TPSA) is 42.3 Å². The van der Waals surface area contributed by atoms with Gasteiger partial charge in [0, 0.05) is 30.2 Å². The first-order valence-corrected chi connectivity index (χ1v) is 8.83. The van der Waals surface area contributed by atoms with Gasteiger partial charge in [-0.1, -0.05) is 35.9 Å². The number of amides is 1. The quantitative estimate of drug-likeness (QED) is 0.711. The Morgan fingerprint density at radius 3 is 2.62 bits per heavy atom. The van der Waals surface area contributed by atoms with Crippen LogP contribution >= 0.6 is 0 Å². The summed E-state index contributed by atoms with van der Waals surface area (Å²) in [7, 11) is 0. The summed E-state index contributed by atoms with van der Waals surface area (Å²) in [5.41, 5.74) is 4.51. The average molecular weight is 344 g/mol. The number of carbonyl (C=O) groups excluding carboxylic acids is 1. The molecule has 4 heteroatoms. The van der Waals surface area contributed by atoms with Crippen LogP contribution in [0.25, 0.3) is 5.69 Å². The lowest BCUT2D eigenvalue weighted by Gasteiger charge is -2.30. The van der Waals surface area contributed by atoms with Gasteiger partial charge in [-0.05, 0) is 49.6 Å². The summed E-state index contributed by atoms with van der Waals surface area (Å²) in [5, 5.41) is 0. The van der Waals surface area contributed by atoms with Gasteiger partial charge in [0.1, 0.15) is 0 Å². The van der Waals surface area contributed by atoms with E-state index >= 15 is 0 Å². The van der Waals surface area contributed by atoms with E-state index in [4.69, 9.17) is 0 Å². The third kappa shape index (κ3) is 2.94. The van der Waals surface area contributed by atoms with E-state index in [0.717, 1.165) is 24.2 Å². The second-order valence-electron chi connectivity index (χ2n) is 6.65. The fourth-order valence-electron chi connectivity index (χ4n) is 3.50. The van der Waals surface area contributed by atoms with E-state index in [2.05, 4.69) is 13.0 Å². The Labute approximate surface area is 152 Å². The zero-order valence-corrected chi connectivity index (χ0v) is 14.7. The van der Waals surface area contributed by atoms with Gasteiger partial charge in [-0.3, -0.25) is 14.2 Å². The third-order valence-corrected chi connectivity index (χ3v) is 4.79. The first-order valence-electron chi connectivity index (χ1n) is 8.83. The maximum absolute atomic E-state index is 13.2. The van der Waals surface area contributed by atoms with Crippen LogP contribution in [0.15, 0.2) is 71.7 Å². The van der Waals surface area contributed by atoms with E-state index in [1.165, 1.54) is 21.8 Å². The second kappa shape index (κ2) is 6.64. The van der Waals surface area contributed by atoms with E-state index in [0.29, 0.717) is 12.1 Å². The van der Waals surface area contributed by atoms with Crippen LogP contribution < -0.4 is 10.5 Å². The van der Waals surface area contributed by atoms with Crippen molar-refractivity contribution in [3.05, 3.63) is 93.9 Å². The van der Waals surface area contributed by atoms with Crippen LogP contribution in [0.3, 0.4) is 0 Å². The number of para-hydroxylation sites is 1. The third-order valence-electron chi connectivity index (χ3n) is 4.79. The van der Waals surface area contributed by atoms with Gasteiger partial charge in [0.05, 0.1) is 5.56 Å². The molecule has 26 heavy (non-hydrogen) atoms. The van der Waals surface area contributed by atoms with Gasteiger partial charge < -0.3 is 4.90 Å². The largest absolute Gasteiger partial charge is 0.308 e. The summed E-state index contributed by atoms with van der Waals surface area (Å²) in [5.74, 6) is -0.0699. The molecule has 1 aromatic heterocycles. The number of fused-ring (bicyclic) bond motifs is 1. The Balaban J connectivity index is 1.74. The predicted octanol–water partition coefficient (Wildman–Crippen LogP) is 3.74. The van der Waals surface area contributed by atoms with Gasteiger partial charge in [0.15, 0.2) is 0 Å². The number of pyridine rings is 1. The van der Waals surface area contributed by atoms with E-state index in [1.807, 2.05) is 47.4 Å². The number of aromatic nitrogens is 1. The van der Waals surface area contributed by atoms with Crippen molar-refractivity contribution in [2.75, 3.05) is 11.4 Å². The number of carbonyl (C=O) groups is 1. The summed E-state index contributed by atoms with van der Waals surface area (Å²) >= 11 is 0. The lowest BCUT2D eigenvalue weighted by atomic mass is 9.99. The first kappa shape index (κ1) is 16.3. The van der Waals surface area contributed by atoms with Crippen LogP contribution in [-0.2, 0) is 6.42 Å². The zero-order valence-electron chi connectivity index (χ0n) is 14.7. The molecular formula is C22H20N2O2. The number of anilines is 1. The molecule has 3 aromatic rings. The van der Waals surface area contributed by atoms with Crippen molar-refractivity contribution in [2.45, 2.75) is 19.8 Å². The Kier molecular flexibility index (Phi) is 4.17. The van der Waals surface area contributed by atoms with Gasteiger partial charge in [-0.15, -0.1) is 0 Å². The predicted molar refractivity (Wildman–Crippen MR) is 103 cm³/mol. The van der Waals surface area contributed by atoms with E-state index in [1.54, 1.807) is 12.3 Å².